The molecule has 1 aliphatic heterocycles. The van der Waals surface area contributed by atoms with Crippen LogP contribution in [0.2, 0.25) is 0 Å². The molecule has 1 aromatic heterocycles. The summed E-state index contributed by atoms with van der Waals surface area (Å²) < 4.78 is 16.4. The van der Waals surface area contributed by atoms with Crippen molar-refractivity contribution >= 4 is 5.97 Å². The molecule has 0 unspecified atom stereocenters. The maximum atomic E-state index is 11.7. The van der Waals surface area contributed by atoms with E-state index in [1.165, 1.54) is 7.11 Å². The lowest BCUT2D eigenvalue weighted by atomic mass is 10.1. The van der Waals surface area contributed by atoms with Gasteiger partial charge in [-0.05, 0) is 13.3 Å². The largest absolute Gasteiger partial charge is 0.467 e. The van der Waals surface area contributed by atoms with Crippen molar-refractivity contribution in [2.45, 2.75) is 32.4 Å². The molecule has 25 heavy (non-hydrogen) atoms. The van der Waals surface area contributed by atoms with Gasteiger partial charge in [0.2, 0.25) is 5.89 Å². The van der Waals surface area contributed by atoms with Crippen molar-refractivity contribution in [2.24, 2.45) is 0 Å². The standard InChI is InChI=1S/C19H24N2O4/c1-4-15-17(14-8-6-5-7-9-14)25-18(20-15)13(2)21-10-11-24-16(12-21)19(22)23-3/h5-9,13,16H,4,10-12H2,1-3H3/t13-,16-/m1/s1. The van der Waals surface area contributed by atoms with Crippen molar-refractivity contribution in [1.82, 2.24) is 9.88 Å². The van der Waals surface area contributed by atoms with E-state index >= 15 is 0 Å². The highest BCUT2D eigenvalue weighted by molar-refractivity contribution is 5.74. The lowest BCUT2D eigenvalue weighted by Crippen LogP contribution is -2.47. The van der Waals surface area contributed by atoms with E-state index in [2.05, 4.69) is 11.8 Å². The van der Waals surface area contributed by atoms with E-state index in [9.17, 15) is 4.79 Å². The zero-order chi connectivity index (χ0) is 17.8. The molecule has 2 heterocycles. The average Bonchev–Trinajstić information content (AvgIpc) is 3.12. The third-order valence-corrected chi connectivity index (χ3v) is 4.55. The molecular weight excluding hydrogens is 320 g/mol. The molecule has 6 heteroatoms. The number of carbonyl (C=O) groups is 1. The number of benzene rings is 1. The van der Waals surface area contributed by atoms with Crippen LogP contribution in [0.1, 0.15) is 31.5 Å². The summed E-state index contributed by atoms with van der Waals surface area (Å²) in [7, 11) is 1.38. The van der Waals surface area contributed by atoms with Gasteiger partial charge in [-0.2, -0.15) is 0 Å². The minimum Gasteiger partial charge on any atom is -0.467 e. The van der Waals surface area contributed by atoms with E-state index in [-0.39, 0.29) is 12.0 Å². The Morgan fingerprint density at radius 1 is 1.40 bits per heavy atom. The van der Waals surface area contributed by atoms with Gasteiger partial charge in [0.1, 0.15) is 0 Å². The van der Waals surface area contributed by atoms with Gasteiger partial charge in [0.05, 0.1) is 25.5 Å². The first-order valence-electron chi connectivity index (χ1n) is 8.62. The van der Waals surface area contributed by atoms with Crippen LogP contribution in [0.5, 0.6) is 0 Å². The molecule has 6 nitrogen and oxygen atoms in total. The van der Waals surface area contributed by atoms with Gasteiger partial charge in [0.25, 0.3) is 0 Å². The van der Waals surface area contributed by atoms with E-state index in [1.54, 1.807) is 0 Å². The van der Waals surface area contributed by atoms with E-state index < -0.39 is 6.10 Å². The quantitative estimate of drug-likeness (QED) is 0.777. The first-order valence-corrected chi connectivity index (χ1v) is 8.62. The number of methoxy groups -OCH3 is 1. The predicted octanol–water partition coefficient (Wildman–Crippen LogP) is 2.84. The highest BCUT2D eigenvalue weighted by Gasteiger charge is 2.32. The van der Waals surface area contributed by atoms with Crippen LogP contribution in [0, 0.1) is 0 Å². The van der Waals surface area contributed by atoms with Crippen molar-refractivity contribution in [3.63, 3.8) is 0 Å². The minimum atomic E-state index is -0.560. The fourth-order valence-electron chi connectivity index (χ4n) is 3.05. The number of ether oxygens (including phenoxy) is 2. The fraction of sp³-hybridized carbons (Fsp3) is 0.474. The first kappa shape index (κ1) is 17.6. The van der Waals surface area contributed by atoms with Crippen LogP contribution in [0.4, 0.5) is 0 Å². The molecule has 0 saturated carbocycles. The minimum absolute atomic E-state index is 0.0428. The topological polar surface area (TPSA) is 64.8 Å². The summed E-state index contributed by atoms with van der Waals surface area (Å²) in [6.07, 6.45) is 0.240. The van der Waals surface area contributed by atoms with Gasteiger partial charge >= 0.3 is 5.97 Å². The smallest absolute Gasteiger partial charge is 0.336 e. The zero-order valence-corrected chi connectivity index (χ0v) is 14.9. The molecule has 0 radical (unpaired) electrons. The summed E-state index contributed by atoms with van der Waals surface area (Å²) in [5, 5.41) is 0. The molecule has 1 fully saturated rings. The summed E-state index contributed by atoms with van der Waals surface area (Å²) in [6, 6.07) is 9.97. The number of rotatable bonds is 5. The maximum absolute atomic E-state index is 11.7. The van der Waals surface area contributed by atoms with Gasteiger partial charge < -0.3 is 13.9 Å². The molecule has 1 aliphatic rings. The van der Waals surface area contributed by atoms with E-state index in [0.29, 0.717) is 19.0 Å². The molecule has 1 saturated heterocycles. The van der Waals surface area contributed by atoms with Gasteiger partial charge in [0, 0.05) is 18.7 Å². The first-order chi connectivity index (χ1) is 12.1. The fourth-order valence-corrected chi connectivity index (χ4v) is 3.05. The zero-order valence-electron chi connectivity index (χ0n) is 14.9. The molecule has 2 atom stereocenters. The number of carbonyl (C=O) groups excluding carboxylic acids is 1. The highest BCUT2D eigenvalue weighted by Crippen LogP contribution is 2.30. The van der Waals surface area contributed by atoms with Crippen molar-refractivity contribution < 1.29 is 18.7 Å². The Morgan fingerprint density at radius 2 is 2.16 bits per heavy atom. The summed E-state index contributed by atoms with van der Waals surface area (Å²) in [4.78, 5) is 18.6. The third-order valence-electron chi connectivity index (χ3n) is 4.55. The summed E-state index contributed by atoms with van der Waals surface area (Å²) >= 11 is 0. The molecule has 0 aliphatic carbocycles. The highest BCUT2D eigenvalue weighted by atomic mass is 16.6. The number of esters is 1. The molecule has 0 bridgehead atoms. The van der Waals surface area contributed by atoms with Crippen molar-refractivity contribution in [3.8, 4) is 11.3 Å². The van der Waals surface area contributed by atoms with Gasteiger partial charge in [-0.15, -0.1) is 0 Å². The number of aromatic nitrogens is 1. The SMILES string of the molecule is CCc1nc([C@@H](C)N2CCO[C@@H](C(=O)OC)C2)oc1-c1ccccc1. The monoisotopic (exact) mass is 344 g/mol. The third kappa shape index (κ3) is 3.75. The number of hydrogen-bond donors (Lipinski definition) is 0. The molecule has 2 aromatic rings. The Bertz CT molecular complexity index is 713. The predicted molar refractivity (Wildman–Crippen MR) is 93.1 cm³/mol. The second-order valence-corrected chi connectivity index (χ2v) is 6.10. The van der Waals surface area contributed by atoms with Crippen molar-refractivity contribution in [2.75, 3.05) is 26.8 Å². The van der Waals surface area contributed by atoms with E-state index in [1.807, 2.05) is 37.3 Å². The second kappa shape index (κ2) is 7.80. The second-order valence-electron chi connectivity index (χ2n) is 6.10. The number of aryl methyl sites for hydroxylation is 1. The van der Waals surface area contributed by atoms with Gasteiger partial charge in [-0.1, -0.05) is 37.3 Å². The number of morpholine rings is 1. The van der Waals surface area contributed by atoms with Crippen molar-refractivity contribution in [3.05, 3.63) is 41.9 Å². The van der Waals surface area contributed by atoms with Gasteiger partial charge in [0.15, 0.2) is 11.9 Å². The van der Waals surface area contributed by atoms with E-state index in [4.69, 9.17) is 18.9 Å². The summed E-state index contributed by atoms with van der Waals surface area (Å²) in [5.74, 6) is 1.15. The molecular formula is C19H24N2O4. The van der Waals surface area contributed by atoms with Crippen LogP contribution in [-0.4, -0.2) is 48.8 Å². The molecule has 0 N–H and O–H groups in total. The van der Waals surface area contributed by atoms with Crippen LogP contribution < -0.4 is 0 Å². The van der Waals surface area contributed by atoms with Gasteiger partial charge in [-0.25, -0.2) is 9.78 Å². The molecule has 134 valence electrons. The normalized spacial score (nSPS) is 19.6. The molecule has 0 amide bonds. The van der Waals surface area contributed by atoms with Crippen LogP contribution in [0.3, 0.4) is 0 Å². The molecule has 1 aromatic carbocycles. The van der Waals surface area contributed by atoms with Crippen LogP contribution >= 0.6 is 0 Å². The van der Waals surface area contributed by atoms with Crippen LogP contribution in [0.25, 0.3) is 11.3 Å². The van der Waals surface area contributed by atoms with Crippen LogP contribution in [0.15, 0.2) is 34.7 Å². The lowest BCUT2D eigenvalue weighted by molar-refractivity contribution is -0.161. The number of oxazole rings is 1. The Balaban J connectivity index is 1.81. The molecule has 0 spiro atoms. The Hall–Kier alpha value is -2.18. The van der Waals surface area contributed by atoms with Crippen molar-refractivity contribution in [1.29, 1.82) is 0 Å². The summed E-state index contributed by atoms with van der Waals surface area (Å²) in [6.45, 7) is 5.79. The average molecular weight is 344 g/mol. The van der Waals surface area contributed by atoms with E-state index in [0.717, 1.165) is 30.0 Å². The number of hydrogen-bond acceptors (Lipinski definition) is 6. The lowest BCUT2D eigenvalue weighted by Gasteiger charge is -2.34. The Labute approximate surface area is 147 Å². The van der Waals surface area contributed by atoms with Gasteiger partial charge in [-0.3, -0.25) is 4.90 Å². The number of nitrogens with zero attached hydrogens (tertiary/aromatic N) is 2. The van der Waals surface area contributed by atoms with Crippen LogP contribution in [-0.2, 0) is 20.7 Å². The Kier molecular flexibility index (Phi) is 5.50. The summed E-state index contributed by atoms with van der Waals surface area (Å²) in [5.41, 5.74) is 1.98. The Morgan fingerprint density at radius 3 is 2.84 bits per heavy atom. The maximum Gasteiger partial charge on any atom is 0.336 e. The molecule has 3 rings (SSSR count).